The highest BCUT2D eigenvalue weighted by atomic mass is 16.2. The zero-order valence-electron chi connectivity index (χ0n) is 18.0. The van der Waals surface area contributed by atoms with E-state index in [1.54, 1.807) is 0 Å². The summed E-state index contributed by atoms with van der Waals surface area (Å²) in [6, 6.07) is 10.8. The number of benzene rings is 1. The van der Waals surface area contributed by atoms with E-state index in [1.165, 1.54) is 44.1 Å². The van der Waals surface area contributed by atoms with Crippen LogP contribution in [0.4, 0.5) is 0 Å². The van der Waals surface area contributed by atoms with Crippen LogP contribution in [0.15, 0.2) is 30.3 Å². The molecule has 1 amide bonds. The molecule has 4 nitrogen and oxygen atoms in total. The van der Waals surface area contributed by atoms with Gasteiger partial charge in [0.05, 0.1) is 6.04 Å². The number of nitrogens with zero attached hydrogens (tertiary/aromatic N) is 2. The quantitative estimate of drug-likeness (QED) is 0.803. The van der Waals surface area contributed by atoms with Crippen molar-refractivity contribution < 1.29 is 4.79 Å². The SMILES string of the molecule is CC(C(=O)NC12CC3CC(CC(C3)C1)C2)N1CCN(CCc2ccccc2)CC1. The molecule has 158 valence electrons. The van der Waals surface area contributed by atoms with Crippen molar-refractivity contribution >= 4 is 5.91 Å². The number of hydrogen-bond donors (Lipinski definition) is 1. The van der Waals surface area contributed by atoms with Crippen LogP contribution < -0.4 is 5.32 Å². The van der Waals surface area contributed by atoms with Crippen molar-refractivity contribution in [3.8, 4) is 0 Å². The van der Waals surface area contributed by atoms with Crippen molar-refractivity contribution in [1.29, 1.82) is 0 Å². The van der Waals surface area contributed by atoms with Crippen LogP contribution in [0.1, 0.15) is 51.0 Å². The molecule has 4 heteroatoms. The van der Waals surface area contributed by atoms with E-state index >= 15 is 0 Å². The first-order valence-electron chi connectivity index (χ1n) is 11.9. The summed E-state index contributed by atoms with van der Waals surface area (Å²) < 4.78 is 0. The molecule has 4 aliphatic carbocycles. The third-order valence-corrected chi connectivity index (χ3v) is 8.32. The van der Waals surface area contributed by atoms with Gasteiger partial charge < -0.3 is 10.2 Å². The maximum Gasteiger partial charge on any atom is 0.237 e. The summed E-state index contributed by atoms with van der Waals surface area (Å²) in [6.45, 7) is 7.39. The maximum atomic E-state index is 13.2. The molecule has 1 unspecified atom stereocenters. The molecule has 1 aromatic rings. The molecule has 0 aromatic heterocycles. The smallest absolute Gasteiger partial charge is 0.237 e. The topological polar surface area (TPSA) is 35.6 Å². The number of amides is 1. The van der Waals surface area contributed by atoms with Gasteiger partial charge >= 0.3 is 0 Å². The zero-order chi connectivity index (χ0) is 19.8. The average Bonchev–Trinajstić information content (AvgIpc) is 2.71. The Bertz CT molecular complexity index is 675. The molecule has 0 spiro atoms. The maximum absolute atomic E-state index is 13.2. The summed E-state index contributed by atoms with van der Waals surface area (Å²) in [5, 5.41) is 3.59. The predicted molar refractivity (Wildman–Crippen MR) is 117 cm³/mol. The van der Waals surface area contributed by atoms with Crippen molar-refractivity contribution in [2.75, 3.05) is 32.7 Å². The van der Waals surface area contributed by atoms with E-state index in [2.05, 4.69) is 52.4 Å². The fraction of sp³-hybridized carbons (Fsp3) is 0.720. The van der Waals surface area contributed by atoms with Crippen LogP contribution in [-0.4, -0.2) is 60.0 Å². The fourth-order valence-corrected chi connectivity index (χ4v) is 7.10. The van der Waals surface area contributed by atoms with E-state index in [9.17, 15) is 4.79 Å². The third kappa shape index (κ3) is 4.25. The van der Waals surface area contributed by atoms with E-state index in [4.69, 9.17) is 0 Å². The average molecular weight is 396 g/mol. The van der Waals surface area contributed by atoms with E-state index in [1.807, 2.05) is 0 Å². The van der Waals surface area contributed by atoms with Crippen molar-refractivity contribution in [2.24, 2.45) is 17.8 Å². The van der Waals surface area contributed by atoms with Gasteiger partial charge in [-0.05, 0) is 75.2 Å². The van der Waals surface area contributed by atoms with Gasteiger partial charge in [0.25, 0.3) is 0 Å². The molecule has 1 heterocycles. The molecular formula is C25H37N3O. The number of carbonyl (C=O) groups excluding carboxylic acids is 1. The molecule has 0 radical (unpaired) electrons. The molecule has 29 heavy (non-hydrogen) atoms. The molecule has 1 aliphatic heterocycles. The Morgan fingerprint density at radius 3 is 2.17 bits per heavy atom. The Labute approximate surface area is 176 Å². The Balaban J connectivity index is 1.10. The molecule has 4 bridgehead atoms. The summed E-state index contributed by atoms with van der Waals surface area (Å²) in [7, 11) is 0. The highest BCUT2D eigenvalue weighted by Crippen LogP contribution is 2.55. The highest BCUT2D eigenvalue weighted by Gasteiger charge is 2.51. The van der Waals surface area contributed by atoms with E-state index < -0.39 is 0 Å². The second-order valence-corrected chi connectivity index (χ2v) is 10.5. The minimum Gasteiger partial charge on any atom is -0.349 e. The lowest BCUT2D eigenvalue weighted by Gasteiger charge is -2.57. The normalized spacial score (nSPS) is 35.6. The number of carbonyl (C=O) groups is 1. The van der Waals surface area contributed by atoms with Crippen LogP contribution in [0.25, 0.3) is 0 Å². The summed E-state index contributed by atoms with van der Waals surface area (Å²) in [6.07, 6.45) is 9.11. The van der Waals surface area contributed by atoms with Gasteiger partial charge in [0.1, 0.15) is 0 Å². The number of rotatable bonds is 6. The van der Waals surface area contributed by atoms with Crippen molar-refractivity contribution in [3.63, 3.8) is 0 Å². The summed E-state index contributed by atoms with van der Waals surface area (Å²) in [4.78, 5) is 18.1. The predicted octanol–water partition coefficient (Wildman–Crippen LogP) is 3.32. The number of piperazine rings is 1. The van der Waals surface area contributed by atoms with Crippen LogP contribution in [0, 0.1) is 17.8 Å². The van der Waals surface area contributed by atoms with E-state index in [0.717, 1.165) is 56.9 Å². The van der Waals surface area contributed by atoms with Gasteiger partial charge in [-0.25, -0.2) is 0 Å². The molecule has 1 aromatic carbocycles. The lowest BCUT2D eigenvalue weighted by Crippen LogP contribution is -2.63. The first-order valence-corrected chi connectivity index (χ1v) is 11.9. The van der Waals surface area contributed by atoms with Gasteiger partial charge in [-0.3, -0.25) is 9.69 Å². The van der Waals surface area contributed by atoms with E-state index in [-0.39, 0.29) is 17.5 Å². The van der Waals surface area contributed by atoms with Crippen LogP contribution in [0.5, 0.6) is 0 Å². The fourth-order valence-electron chi connectivity index (χ4n) is 7.10. The molecule has 4 saturated carbocycles. The van der Waals surface area contributed by atoms with Crippen LogP contribution in [-0.2, 0) is 11.2 Å². The molecule has 1 atom stereocenters. The Kier molecular flexibility index (Phi) is 5.42. The van der Waals surface area contributed by atoms with Gasteiger partial charge in [0.15, 0.2) is 0 Å². The van der Waals surface area contributed by atoms with Crippen LogP contribution in [0.2, 0.25) is 0 Å². The van der Waals surface area contributed by atoms with E-state index in [0.29, 0.717) is 0 Å². The van der Waals surface area contributed by atoms with Gasteiger partial charge in [-0.1, -0.05) is 30.3 Å². The second-order valence-electron chi connectivity index (χ2n) is 10.5. The Hall–Kier alpha value is -1.39. The first kappa shape index (κ1) is 19.6. The summed E-state index contributed by atoms with van der Waals surface area (Å²) >= 11 is 0. The minimum absolute atomic E-state index is 0.000669. The molecular weight excluding hydrogens is 358 g/mol. The minimum atomic E-state index is -0.000669. The van der Waals surface area contributed by atoms with Crippen LogP contribution in [0.3, 0.4) is 0 Å². The Morgan fingerprint density at radius 2 is 1.59 bits per heavy atom. The summed E-state index contributed by atoms with van der Waals surface area (Å²) in [5.41, 5.74) is 1.55. The number of hydrogen-bond acceptors (Lipinski definition) is 3. The van der Waals surface area contributed by atoms with Crippen LogP contribution >= 0.6 is 0 Å². The zero-order valence-corrected chi connectivity index (χ0v) is 18.0. The largest absolute Gasteiger partial charge is 0.349 e. The molecule has 5 fully saturated rings. The molecule has 1 N–H and O–H groups in total. The Morgan fingerprint density at radius 1 is 1.00 bits per heavy atom. The summed E-state index contributed by atoms with van der Waals surface area (Å²) in [5.74, 6) is 2.92. The molecule has 6 rings (SSSR count). The van der Waals surface area contributed by atoms with Crippen molar-refractivity contribution in [3.05, 3.63) is 35.9 Å². The third-order valence-electron chi connectivity index (χ3n) is 8.32. The highest BCUT2D eigenvalue weighted by molar-refractivity contribution is 5.82. The lowest BCUT2D eigenvalue weighted by atomic mass is 9.53. The van der Waals surface area contributed by atoms with Crippen molar-refractivity contribution in [2.45, 2.75) is 63.5 Å². The second kappa shape index (κ2) is 8.03. The number of nitrogens with one attached hydrogen (secondary N) is 1. The molecule has 5 aliphatic rings. The van der Waals surface area contributed by atoms with Gasteiger partial charge in [-0.2, -0.15) is 0 Å². The van der Waals surface area contributed by atoms with Crippen molar-refractivity contribution in [1.82, 2.24) is 15.1 Å². The monoisotopic (exact) mass is 395 g/mol. The lowest BCUT2D eigenvalue weighted by molar-refractivity contribution is -0.132. The molecule has 1 saturated heterocycles. The van der Waals surface area contributed by atoms with Gasteiger partial charge in [-0.15, -0.1) is 0 Å². The first-order chi connectivity index (χ1) is 14.1. The standard InChI is InChI=1S/C25H37N3O/c1-19(24(29)26-25-16-21-13-22(17-25)15-23(14-21)18-25)28-11-9-27(10-12-28)8-7-20-5-3-2-4-6-20/h2-6,19,21-23H,7-18H2,1H3,(H,26,29). The van der Waals surface area contributed by atoms with Gasteiger partial charge in [0.2, 0.25) is 5.91 Å². The van der Waals surface area contributed by atoms with Gasteiger partial charge in [0, 0.05) is 38.3 Å².